The number of amides is 1. The number of carboxylic acid groups (broad SMARTS) is 1. The smallest absolute Gasteiger partial charge is 0.328 e. The molecule has 0 bridgehead atoms. The summed E-state index contributed by atoms with van der Waals surface area (Å²) in [5, 5.41) is 20.6. The van der Waals surface area contributed by atoms with Crippen LogP contribution in [0.2, 0.25) is 0 Å². The van der Waals surface area contributed by atoms with Crippen molar-refractivity contribution in [2.75, 3.05) is 6.54 Å². The molecular formula is C24H31N5O5. The Bertz CT molecular complexity index is 955. The second kappa shape index (κ2) is 13.6. The Labute approximate surface area is 198 Å². The van der Waals surface area contributed by atoms with Crippen LogP contribution in [0, 0.1) is 5.41 Å². The Balaban J connectivity index is 2.10. The summed E-state index contributed by atoms with van der Waals surface area (Å²) in [7, 11) is 0. The lowest BCUT2D eigenvalue weighted by Gasteiger charge is -2.30. The number of aliphatic carboxylic acids is 1. The number of guanidine groups is 1. The predicted molar refractivity (Wildman–Crippen MR) is 127 cm³/mol. The highest BCUT2D eigenvalue weighted by molar-refractivity contribution is 6.01. The molecule has 2 aromatic carbocycles. The maximum Gasteiger partial charge on any atom is 0.328 e. The molecule has 1 unspecified atom stereocenters. The molecule has 10 heteroatoms. The van der Waals surface area contributed by atoms with Crippen LogP contribution in [0.15, 0.2) is 60.7 Å². The van der Waals surface area contributed by atoms with Gasteiger partial charge in [0.2, 0.25) is 5.91 Å². The van der Waals surface area contributed by atoms with Gasteiger partial charge in [-0.3, -0.25) is 20.0 Å². The van der Waals surface area contributed by atoms with Crippen molar-refractivity contribution in [3.05, 3.63) is 66.2 Å². The van der Waals surface area contributed by atoms with E-state index in [0.29, 0.717) is 12.2 Å². The molecule has 2 aromatic rings. The van der Waals surface area contributed by atoms with Crippen LogP contribution in [0.3, 0.4) is 0 Å². The van der Waals surface area contributed by atoms with Crippen molar-refractivity contribution >= 4 is 23.6 Å². The summed E-state index contributed by atoms with van der Waals surface area (Å²) in [4.78, 5) is 37.8. The topological polar surface area (TPSA) is 158 Å². The van der Waals surface area contributed by atoms with Crippen molar-refractivity contribution in [3.63, 3.8) is 0 Å². The first-order valence-electron chi connectivity index (χ1n) is 10.9. The van der Waals surface area contributed by atoms with E-state index in [2.05, 4.69) is 10.7 Å². The molecule has 0 aromatic heterocycles. The number of carbonyl (C=O) groups is 3. The molecule has 0 saturated heterocycles. The van der Waals surface area contributed by atoms with Gasteiger partial charge in [0.05, 0.1) is 6.42 Å². The second-order valence-electron chi connectivity index (χ2n) is 7.64. The van der Waals surface area contributed by atoms with Crippen LogP contribution < -0.4 is 21.2 Å². The molecule has 0 fully saturated rings. The molecule has 6 N–H and O–H groups in total. The van der Waals surface area contributed by atoms with Crippen molar-refractivity contribution in [2.45, 2.75) is 44.9 Å². The number of carboxylic acids is 1. The van der Waals surface area contributed by atoms with Gasteiger partial charge >= 0.3 is 5.97 Å². The zero-order valence-electron chi connectivity index (χ0n) is 19.1. The number of hydrogen-bond acceptors (Lipinski definition) is 6. The summed E-state index contributed by atoms with van der Waals surface area (Å²) in [6, 6.07) is 16.7. The molecule has 0 aliphatic heterocycles. The molecule has 182 valence electrons. The van der Waals surface area contributed by atoms with Gasteiger partial charge in [-0.05, 0) is 37.5 Å². The van der Waals surface area contributed by atoms with Crippen molar-refractivity contribution in [1.29, 1.82) is 5.41 Å². The third-order valence-corrected chi connectivity index (χ3v) is 4.97. The first-order valence-corrected chi connectivity index (χ1v) is 10.9. The fourth-order valence-electron chi connectivity index (χ4n) is 3.17. The van der Waals surface area contributed by atoms with Crippen LogP contribution in [0.4, 0.5) is 0 Å². The van der Waals surface area contributed by atoms with Gasteiger partial charge in [-0.15, -0.1) is 0 Å². The van der Waals surface area contributed by atoms with Gasteiger partial charge in [0.25, 0.3) is 0 Å². The normalized spacial score (nSPS) is 12.3. The molecule has 2 atom stereocenters. The number of carbonyl (C=O) groups excluding carboxylic acids is 2. The van der Waals surface area contributed by atoms with Gasteiger partial charge in [-0.25, -0.2) is 10.2 Å². The monoisotopic (exact) mass is 469 g/mol. The first kappa shape index (κ1) is 26.3. The number of nitrogens with two attached hydrogens (primary N) is 1. The Hall–Kier alpha value is -3.92. The summed E-state index contributed by atoms with van der Waals surface area (Å²) >= 11 is 0. The fourth-order valence-corrected chi connectivity index (χ4v) is 3.17. The van der Waals surface area contributed by atoms with Crippen molar-refractivity contribution in [2.24, 2.45) is 5.73 Å². The standard InChI is InChI=1S/C24H31N5O5/c1-17(34-19-11-6-3-7-12-19)21(30)15-22(31)29(28-16-18-9-4-2-5-10-18)20(23(32)33)13-8-14-27-24(25)26/h2-7,9-12,17,20,28H,8,13-16H2,1H3,(H,32,33)(H4,25,26,27)/t17?,20-/m0/s1. The van der Waals surface area contributed by atoms with Crippen LogP contribution >= 0.6 is 0 Å². The highest BCUT2D eigenvalue weighted by atomic mass is 16.5. The number of nitrogens with one attached hydrogen (secondary N) is 3. The number of benzene rings is 2. The molecular weight excluding hydrogens is 438 g/mol. The Morgan fingerprint density at radius 3 is 2.29 bits per heavy atom. The third-order valence-electron chi connectivity index (χ3n) is 4.97. The zero-order chi connectivity index (χ0) is 24.9. The minimum absolute atomic E-state index is 0.0907. The van der Waals surface area contributed by atoms with E-state index in [1.807, 2.05) is 36.4 Å². The van der Waals surface area contributed by atoms with E-state index in [1.165, 1.54) is 0 Å². The van der Waals surface area contributed by atoms with E-state index in [-0.39, 0.29) is 25.5 Å². The lowest BCUT2D eigenvalue weighted by Crippen LogP contribution is -2.53. The van der Waals surface area contributed by atoms with Crippen LogP contribution in [0.5, 0.6) is 5.75 Å². The van der Waals surface area contributed by atoms with E-state index in [9.17, 15) is 19.5 Å². The fraction of sp³-hybridized carbons (Fsp3) is 0.333. The molecule has 0 saturated carbocycles. The van der Waals surface area contributed by atoms with E-state index >= 15 is 0 Å². The predicted octanol–water partition coefficient (Wildman–Crippen LogP) is 1.66. The lowest BCUT2D eigenvalue weighted by atomic mass is 10.1. The number of hydrazine groups is 1. The largest absolute Gasteiger partial charge is 0.483 e. The number of ether oxygens (including phenoxy) is 1. The molecule has 0 aliphatic carbocycles. The van der Waals surface area contributed by atoms with E-state index in [1.54, 1.807) is 31.2 Å². The highest BCUT2D eigenvalue weighted by Crippen LogP contribution is 2.14. The molecule has 10 nitrogen and oxygen atoms in total. The van der Waals surface area contributed by atoms with Crippen LogP contribution in [-0.4, -0.2) is 52.4 Å². The molecule has 1 amide bonds. The number of nitrogens with zero attached hydrogens (tertiary/aromatic N) is 1. The summed E-state index contributed by atoms with van der Waals surface area (Å²) < 4.78 is 5.60. The molecule has 2 rings (SSSR count). The van der Waals surface area contributed by atoms with Gasteiger partial charge < -0.3 is 20.9 Å². The van der Waals surface area contributed by atoms with Gasteiger partial charge in [0.1, 0.15) is 11.8 Å². The maximum absolute atomic E-state index is 13.1. The Morgan fingerprint density at radius 2 is 1.71 bits per heavy atom. The number of hydrogen-bond donors (Lipinski definition) is 5. The third kappa shape index (κ3) is 8.91. The van der Waals surface area contributed by atoms with Crippen LogP contribution in [-0.2, 0) is 20.9 Å². The summed E-state index contributed by atoms with van der Waals surface area (Å²) in [5.41, 5.74) is 8.98. The average Bonchev–Trinajstić information content (AvgIpc) is 2.81. The molecule has 0 radical (unpaired) electrons. The lowest BCUT2D eigenvalue weighted by molar-refractivity contribution is -0.155. The summed E-state index contributed by atoms with van der Waals surface area (Å²) in [6.45, 7) is 2.03. The Kier molecular flexibility index (Phi) is 10.5. The van der Waals surface area contributed by atoms with E-state index in [0.717, 1.165) is 10.6 Å². The molecule has 34 heavy (non-hydrogen) atoms. The number of para-hydroxylation sites is 1. The van der Waals surface area contributed by atoms with Gasteiger partial charge in [0.15, 0.2) is 17.8 Å². The first-order chi connectivity index (χ1) is 16.3. The van der Waals surface area contributed by atoms with Gasteiger partial charge in [-0.2, -0.15) is 0 Å². The highest BCUT2D eigenvalue weighted by Gasteiger charge is 2.31. The van der Waals surface area contributed by atoms with Crippen LogP contribution in [0.1, 0.15) is 31.7 Å². The SMILES string of the molecule is CC(Oc1ccccc1)C(=O)CC(=O)N(NCc1ccccc1)[C@@H](CCCNC(=N)N)C(=O)O. The minimum Gasteiger partial charge on any atom is -0.483 e. The number of rotatable bonds is 14. The number of Topliss-reactive ketones (excluding diaryl/α,β-unsaturated/α-hetero) is 1. The molecule has 0 heterocycles. The Morgan fingerprint density at radius 1 is 1.09 bits per heavy atom. The zero-order valence-corrected chi connectivity index (χ0v) is 19.1. The van der Waals surface area contributed by atoms with Gasteiger partial charge in [-0.1, -0.05) is 48.5 Å². The van der Waals surface area contributed by atoms with Crippen molar-refractivity contribution in [1.82, 2.24) is 15.8 Å². The van der Waals surface area contributed by atoms with Crippen LogP contribution in [0.25, 0.3) is 0 Å². The van der Waals surface area contributed by atoms with Crippen molar-refractivity contribution in [3.8, 4) is 5.75 Å². The summed E-state index contributed by atoms with van der Waals surface area (Å²) in [6.07, 6.45) is -0.974. The minimum atomic E-state index is -1.22. The van der Waals surface area contributed by atoms with E-state index < -0.39 is 36.2 Å². The van der Waals surface area contributed by atoms with E-state index in [4.69, 9.17) is 15.9 Å². The van der Waals surface area contributed by atoms with Crippen molar-refractivity contribution < 1.29 is 24.2 Å². The quantitative estimate of drug-likeness (QED) is 0.0919. The van der Waals surface area contributed by atoms with Gasteiger partial charge in [0, 0.05) is 13.1 Å². The second-order valence-corrected chi connectivity index (χ2v) is 7.64. The average molecular weight is 470 g/mol. The molecule has 0 aliphatic rings. The summed E-state index contributed by atoms with van der Waals surface area (Å²) in [5.74, 6) is -2.08. The maximum atomic E-state index is 13.1. The molecule has 0 spiro atoms. The number of ketones is 1.